The Morgan fingerprint density at radius 3 is 3.00 bits per heavy atom. The number of rotatable bonds is 4. The number of anilines is 1. The van der Waals surface area contributed by atoms with Crippen molar-refractivity contribution in [3.05, 3.63) is 5.89 Å². The Labute approximate surface area is 119 Å². The van der Waals surface area contributed by atoms with Gasteiger partial charge in [-0.1, -0.05) is 31.8 Å². The minimum atomic E-state index is 0.335. The summed E-state index contributed by atoms with van der Waals surface area (Å²) in [7, 11) is 0. The quantitative estimate of drug-likeness (QED) is 0.906. The summed E-state index contributed by atoms with van der Waals surface area (Å²) in [5.41, 5.74) is 0. The monoisotopic (exact) mass is 280 g/mol. The summed E-state index contributed by atoms with van der Waals surface area (Å²) in [6.45, 7) is 6.43. The first-order valence-electron chi connectivity index (χ1n) is 7.68. The van der Waals surface area contributed by atoms with E-state index in [1.165, 1.54) is 12.8 Å². The average Bonchev–Trinajstić information content (AvgIpc) is 2.93. The molecule has 1 aromatic heterocycles. The lowest BCUT2D eigenvalue weighted by molar-refractivity contribution is -0.0106. The molecule has 112 valence electrons. The van der Waals surface area contributed by atoms with Gasteiger partial charge in [0.1, 0.15) is 0 Å². The van der Waals surface area contributed by atoms with Crippen LogP contribution in [0.2, 0.25) is 0 Å². The second-order valence-electron chi connectivity index (χ2n) is 5.97. The van der Waals surface area contributed by atoms with E-state index in [1.54, 1.807) is 0 Å². The van der Waals surface area contributed by atoms with Gasteiger partial charge in [0.05, 0.1) is 25.3 Å². The molecule has 2 heterocycles. The first-order valence-corrected chi connectivity index (χ1v) is 7.68. The van der Waals surface area contributed by atoms with Crippen molar-refractivity contribution in [3.63, 3.8) is 0 Å². The molecule has 2 atom stereocenters. The van der Waals surface area contributed by atoms with Crippen molar-refractivity contribution in [2.75, 3.05) is 18.1 Å². The Morgan fingerprint density at radius 2 is 2.15 bits per heavy atom. The molecule has 6 heteroatoms. The third kappa shape index (κ3) is 2.96. The van der Waals surface area contributed by atoms with Gasteiger partial charge in [-0.2, -0.15) is 0 Å². The van der Waals surface area contributed by atoms with E-state index in [4.69, 9.17) is 9.15 Å². The first kappa shape index (κ1) is 13.8. The van der Waals surface area contributed by atoms with Crippen molar-refractivity contribution in [2.45, 2.75) is 64.3 Å². The van der Waals surface area contributed by atoms with Crippen molar-refractivity contribution < 1.29 is 9.15 Å². The summed E-state index contributed by atoms with van der Waals surface area (Å²) in [6, 6.07) is 1.48. The number of fused-ring (bicyclic) bond motifs is 1. The van der Waals surface area contributed by atoms with Crippen LogP contribution >= 0.6 is 0 Å². The highest BCUT2D eigenvalue weighted by atomic mass is 16.5. The molecule has 0 amide bonds. The summed E-state index contributed by atoms with van der Waals surface area (Å²) in [6.07, 6.45) is 5.17. The minimum Gasteiger partial charge on any atom is -0.407 e. The van der Waals surface area contributed by atoms with E-state index in [2.05, 4.69) is 34.3 Å². The molecule has 0 spiro atoms. The van der Waals surface area contributed by atoms with Crippen molar-refractivity contribution in [3.8, 4) is 0 Å². The number of ether oxygens (including phenoxy) is 1. The fourth-order valence-electron chi connectivity index (χ4n) is 3.06. The molecule has 1 aromatic rings. The van der Waals surface area contributed by atoms with Gasteiger partial charge in [0.25, 0.3) is 0 Å². The van der Waals surface area contributed by atoms with Gasteiger partial charge in [0.2, 0.25) is 5.89 Å². The van der Waals surface area contributed by atoms with Gasteiger partial charge < -0.3 is 19.4 Å². The van der Waals surface area contributed by atoms with Crippen molar-refractivity contribution in [1.82, 2.24) is 15.5 Å². The van der Waals surface area contributed by atoms with Crippen molar-refractivity contribution >= 4 is 6.01 Å². The van der Waals surface area contributed by atoms with Crippen LogP contribution in [0.3, 0.4) is 0 Å². The zero-order valence-corrected chi connectivity index (χ0v) is 12.3. The van der Waals surface area contributed by atoms with E-state index in [-0.39, 0.29) is 0 Å². The van der Waals surface area contributed by atoms with Crippen LogP contribution in [0.5, 0.6) is 0 Å². The molecule has 2 unspecified atom stereocenters. The molecule has 6 nitrogen and oxygen atoms in total. The van der Waals surface area contributed by atoms with Crippen LogP contribution in [0.4, 0.5) is 6.01 Å². The lowest BCUT2D eigenvalue weighted by Crippen LogP contribution is -2.53. The zero-order chi connectivity index (χ0) is 13.9. The maximum absolute atomic E-state index is 5.88. The van der Waals surface area contributed by atoms with Gasteiger partial charge in [-0.25, -0.2) is 0 Å². The second-order valence-corrected chi connectivity index (χ2v) is 5.97. The number of nitrogens with zero attached hydrogens (tertiary/aromatic N) is 3. The Hall–Kier alpha value is -1.14. The molecule has 20 heavy (non-hydrogen) atoms. The van der Waals surface area contributed by atoms with Crippen molar-refractivity contribution in [1.29, 1.82) is 0 Å². The van der Waals surface area contributed by atoms with E-state index in [0.29, 0.717) is 36.6 Å². The molecule has 1 N–H and O–H groups in total. The van der Waals surface area contributed by atoms with E-state index in [9.17, 15) is 0 Å². The highest BCUT2D eigenvalue weighted by Crippen LogP contribution is 2.31. The smallest absolute Gasteiger partial charge is 0.318 e. The van der Waals surface area contributed by atoms with Crippen LogP contribution in [-0.4, -0.2) is 41.5 Å². The Balaban J connectivity index is 1.68. The molecule has 1 aliphatic heterocycles. The van der Waals surface area contributed by atoms with Gasteiger partial charge in [-0.15, -0.1) is 5.10 Å². The lowest BCUT2D eigenvalue weighted by atomic mass is 9.90. The predicted octanol–water partition coefficient (Wildman–Crippen LogP) is 1.72. The number of hydrogen-bond acceptors (Lipinski definition) is 6. The minimum absolute atomic E-state index is 0.335. The highest BCUT2D eigenvalue weighted by Gasteiger charge is 2.36. The summed E-state index contributed by atoms with van der Waals surface area (Å²) >= 11 is 0. The summed E-state index contributed by atoms with van der Waals surface area (Å²) < 4.78 is 11.7. The van der Waals surface area contributed by atoms with Gasteiger partial charge >= 0.3 is 6.01 Å². The van der Waals surface area contributed by atoms with Crippen LogP contribution in [0.15, 0.2) is 4.42 Å². The maximum Gasteiger partial charge on any atom is 0.318 e. The summed E-state index contributed by atoms with van der Waals surface area (Å²) in [4.78, 5) is 2.25. The molecule has 3 rings (SSSR count). The van der Waals surface area contributed by atoms with E-state index in [0.717, 1.165) is 26.0 Å². The Kier molecular flexibility index (Phi) is 4.21. The van der Waals surface area contributed by atoms with E-state index < -0.39 is 0 Å². The number of morpholine rings is 1. The van der Waals surface area contributed by atoms with Gasteiger partial charge in [-0.05, 0) is 12.8 Å². The molecule has 0 radical (unpaired) electrons. The third-order valence-electron chi connectivity index (χ3n) is 4.10. The molecular formula is C14H24N4O2. The van der Waals surface area contributed by atoms with E-state index >= 15 is 0 Å². The zero-order valence-electron chi connectivity index (χ0n) is 12.3. The molecular weight excluding hydrogens is 256 g/mol. The predicted molar refractivity (Wildman–Crippen MR) is 75.6 cm³/mol. The maximum atomic E-state index is 5.88. The Bertz CT molecular complexity index is 433. The molecule has 2 fully saturated rings. The topological polar surface area (TPSA) is 63.4 Å². The molecule has 1 saturated heterocycles. The third-order valence-corrected chi connectivity index (χ3v) is 4.10. The SMILES string of the molecule is CC(C)NCc1nnc(N2CCOC3CCCCC32)o1. The first-order chi connectivity index (χ1) is 9.74. The van der Waals surface area contributed by atoms with E-state index in [1.807, 2.05) is 0 Å². The lowest BCUT2D eigenvalue weighted by Gasteiger charge is -2.42. The standard InChI is InChI=1S/C14H24N4O2/c1-10(2)15-9-13-16-17-14(20-13)18-7-8-19-12-6-4-3-5-11(12)18/h10-12,15H,3-9H2,1-2H3. The van der Waals surface area contributed by atoms with Crippen molar-refractivity contribution in [2.24, 2.45) is 0 Å². The molecule has 2 aliphatic rings. The second kappa shape index (κ2) is 6.10. The van der Waals surface area contributed by atoms with Crippen LogP contribution in [-0.2, 0) is 11.3 Å². The van der Waals surface area contributed by atoms with Gasteiger partial charge in [0, 0.05) is 12.6 Å². The molecule has 0 bridgehead atoms. The van der Waals surface area contributed by atoms with Crippen LogP contribution in [0.1, 0.15) is 45.4 Å². The van der Waals surface area contributed by atoms with Gasteiger partial charge in [-0.3, -0.25) is 0 Å². The number of hydrogen-bond donors (Lipinski definition) is 1. The normalized spacial score (nSPS) is 26.9. The van der Waals surface area contributed by atoms with Crippen LogP contribution in [0, 0.1) is 0 Å². The van der Waals surface area contributed by atoms with Crippen LogP contribution in [0.25, 0.3) is 0 Å². The largest absolute Gasteiger partial charge is 0.407 e. The molecule has 1 aliphatic carbocycles. The van der Waals surface area contributed by atoms with Gasteiger partial charge in [0.15, 0.2) is 0 Å². The fraction of sp³-hybridized carbons (Fsp3) is 0.857. The average molecular weight is 280 g/mol. The highest BCUT2D eigenvalue weighted by molar-refractivity contribution is 5.29. The number of nitrogens with one attached hydrogen (secondary N) is 1. The summed E-state index contributed by atoms with van der Waals surface area (Å²) in [5, 5.41) is 11.7. The Morgan fingerprint density at radius 1 is 1.30 bits per heavy atom. The number of aromatic nitrogens is 2. The molecule has 1 saturated carbocycles. The fourth-order valence-corrected chi connectivity index (χ4v) is 3.06. The molecule has 0 aromatic carbocycles. The summed E-state index contributed by atoms with van der Waals surface area (Å²) in [5.74, 6) is 0.660. The van der Waals surface area contributed by atoms with Crippen LogP contribution < -0.4 is 10.2 Å².